The second-order valence-electron chi connectivity index (χ2n) is 22.3. The monoisotopic (exact) mass is 1220 g/mol. The lowest BCUT2D eigenvalue weighted by Crippen LogP contribution is -2.56. The highest BCUT2D eigenvalue weighted by atomic mass is 32.2. The van der Waals surface area contributed by atoms with Crippen LogP contribution in [0.15, 0.2) is 114 Å². The third-order valence-corrected chi connectivity index (χ3v) is 21.9. The number of hydrogen-bond acceptors (Lipinski definition) is 15. The zero-order valence-electron chi connectivity index (χ0n) is 47.6. The number of thioether (sulfide) groups is 6. The molecule has 9 rings (SSSR count). The average Bonchev–Trinajstić information content (AvgIpc) is 4.27. The van der Waals surface area contributed by atoms with Crippen molar-refractivity contribution >= 4 is 141 Å². The molecule has 7 amide bonds. The molecule has 0 bridgehead atoms. The first-order valence-electron chi connectivity index (χ1n) is 26.8. The summed E-state index contributed by atoms with van der Waals surface area (Å²) in [6.07, 6.45) is 5.75. The lowest BCUT2D eigenvalue weighted by molar-refractivity contribution is -0.136. The fourth-order valence-electron chi connectivity index (χ4n) is 8.79. The summed E-state index contributed by atoms with van der Waals surface area (Å²) in [7, 11) is 0. The molecule has 0 unspecified atom stereocenters. The summed E-state index contributed by atoms with van der Waals surface area (Å²) < 4.78 is 8.03. The van der Waals surface area contributed by atoms with Gasteiger partial charge in [0.25, 0.3) is 34.7 Å². The quantitative estimate of drug-likeness (QED) is 0.0826. The van der Waals surface area contributed by atoms with E-state index >= 15 is 0 Å². The van der Waals surface area contributed by atoms with E-state index in [1.165, 1.54) is 103 Å². The summed E-state index contributed by atoms with van der Waals surface area (Å²) >= 11 is 19.8. The first-order chi connectivity index (χ1) is 37.2. The van der Waals surface area contributed by atoms with Gasteiger partial charge in [0.1, 0.15) is 11.1 Å². The number of carbonyl (C=O) groups is 6. The second kappa shape index (κ2) is 25.6. The molecule has 3 fully saturated rings. The average molecular weight is 1220 g/mol. The van der Waals surface area contributed by atoms with Gasteiger partial charge in [-0.1, -0.05) is 184 Å². The van der Waals surface area contributed by atoms with Gasteiger partial charge in [0.2, 0.25) is 5.76 Å². The molecular weight excluding hydrogens is 1150 g/mol. The molecule has 20 heteroatoms. The Morgan fingerprint density at radius 1 is 0.418 bits per heavy atom. The van der Waals surface area contributed by atoms with Crippen molar-refractivity contribution in [2.24, 2.45) is 0 Å². The number of amides is 7. The minimum absolute atomic E-state index is 0.0249. The Balaban J connectivity index is 0.000000172. The van der Waals surface area contributed by atoms with E-state index in [0.29, 0.717) is 39.9 Å². The van der Waals surface area contributed by atoms with E-state index in [-0.39, 0.29) is 58.2 Å². The molecule has 6 heterocycles. The Labute approximate surface area is 503 Å². The van der Waals surface area contributed by atoms with Crippen LogP contribution in [0.1, 0.15) is 146 Å². The van der Waals surface area contributed by atoms with Crippen LogP contribution in [0, 0.1) is 0 Å². The van der Waals surface area contributed by atoms with Crippen molar-refractivity contribution in [3.63, 3.8) is 0 Å². The molecule has 0 saturated carbocycles. The Morgan fingerprint density at radius 2 is 0.759 bits per heavy atom. The first-order valence-corrected chi connectivity index (χ1v) is 32.5. The van der Waals surface area contributed by atoms with E-state index < -0.39 is 17.8 Å². The molecule has 0 aromatic heterocycles. The number of nitrogens with zero attached hydrogens (tertiary/aromatic N) is 5. The van der Waals surface area contributed by atoms with Crippen LogP contribution in [0.25, 0.3) is 0 Å². The molecule has 0 aliphatic carbocycles. The summed E-state index contributed by atoms with van der Waals surface area (Å²) in [6, 6.07) is 18.6. The molecule has 0 N–H and O–H groups in total. The largest absolute Gasteiger partial charge is 0.424 e. The van der Waals surface area contributed by atoms with Crippen LogP contribution in [0.3, 0.4) is 0 Å². The molecule has 6 aliphatic rings. The number of hydrogen-bond donors (Lipinski definition) is 0. The minimum Gasteiger partial charge on any atom is -0.424 e. The Bertz CT molecular complexity index is 2920. The second-order valence-corrected chi connectivity index (χ2v) is 30.1. The normalized spacial score (nSPS) is 18.6. The maximum atomic E-state index is 12.9. The van der Waals surface area contributed by atoms with Crippen LogP contribution in [-0.4, -0.2) is 103 Å². The molecule has 3 saturated heterocycles. The smallest absolute Gasteiger partial charge is 0.333 e. The molecule has 3 aromatic rings. The third kappa shape index (κ3) is 13.6. The van der Waals surface area contributed by atoms with Gasteiger partial charge in [0.05, 0.1) is 12.7 Å². The van der Waals surface area contributed by atoms with Gasteiger partial charge in [0.15, 0.2) is 5.11 Å². The fourth-order valence-corrected chi connectivity index (χ4v) is 17.0. The number of fused-ring (bicyclic) bond motifs is 3. The maximum Gasteiger partial charge on any atom is 0.333 e. The summed E-state index contributed by atoms with van der Waals surface area (Å²) in [5.74, 6) is -1.25. The van der Waals surface area contributed by atoms with Gasteiger partial charge in [-0.05, 0) is 128 Å². The van der Waals surface area contributed by atoms with Gasteiger partial charge in [0, 0.05) is 62.1 Å². The Morgan fingerprint density at radius 3 is 1.13 bits per heavy atom. The fraction of sp³-hybridized carbons (Fsp3) is 0.458. The van der Waals surface area contributed by atoms with E-state index in [1.807, 2.05) is 19.9 Å². The number of rotatable bonds is 10. The van der Waals surface area contributed by atoms with E-state index in [9.17, 15) is 28.8 Å². The van der Waals surface area contributed by atoms with Gasteiger partial charge in [-0.15, -0.1) is 0 Å². The van der Waals surface area contributed by atoms with Crippen LogP contribution in [0.4, 0.5) is 4.79 Å². The number of unbranched alkanes of at least 4 members (excludes halogenated alkanes) is 4. The highest BCUT2D eigenvalue weighted by molar-refractivity contribution is 8.25. The molecule has 0 spiro atoms. The molecular formula is C59H71N5O7S8. The van der Waals surface area contributed by atoms with E-state index in [2.05, 4.69) is 118 Å². The Kier molecular flexibility index (Phi) is 20.3. The molecule has 422 valence electrons. The lowest BCUT2D eigenvalue weighted by Gasteiger charge is -2.35. The van der Waals surface area contributed by atoms with Crippen LogP contribution in [0.5, 0.6) is 0 Å². The van der Waals surface area contributed by atoms with Gasteiger partial charge < -0.3 is 4.74 Å². The van der Waals surface area contributed by atoms with E-state index in [4.69, 9.17) is 29.2 Å². The first kappa shape index (κ1) is 62.6. The van der Waals surface area contributed by atoms with E-state index in [0.717, 1.165) is 50.7 Å². The van der Waals surface area contributed by atoms with Crippen molar-refractivity contribution < 1.29 is 33.5 Å². The number of likely N-dealkylation sites (N-methyl/N-ethyl adjacent to an activating group) is 4. The minimum atomic E-state index is -0.533. The topological polar surface area (TPSA) is 128 Å². The molecule has 6 aliphatic heterocycles. The van der Waals surface area contributed by atoms with Gasteiger partial charge in [-0.25, -0.2) is 4.79 Å². The van der Waals surface area contributed by atoms with Gasteiger partial charge in [-0.2, -0.15) is 0 Å². The van der Waals surface area contributed by atoms with Crippen molar-refractivity contribution in [1.29, 1.82) is 0 Å². The third-order valence-electron chi connectivity index (χ3n) is 13.6. The predicted octanol–water partition coefficient (Wildman–Crippen LogP) is 15.1. The number of urea groups is 1. The number of imide groups is 2. The highest BCUT2D eigenvalue weighted by Gasteiger charge is 2.45. The van der Waals surface area contributed by atoms with Crippen LogP contribution < -0.4 is 0 Å². The maximum absolute atomic E-state index is 12.9. The number of benzene rings is 3. The summed E-state index contributed by atoms with van der Waals surface area (Å²) in [5, 5.41) is 0.598. The number of thiocarbonyl (C=S) groups is 2. The standard InChI is InChI=1S/C21H27NO2S3.C19H22N2O3S2.C19H22N2O2S3/c1-5-6-7-8-9-12-22-18(23)17(24-20(22)25)19-26-15-11-10-14(21(2,3)4)13-16(15)27-19;2*1-6-20-15(22)14(16(23)21(7-2)18(20)24)17-25-12-9-8-11(19(3,4)5)10-13(12)26-17/h10-11,13H,5-9,12H2,1-4H3;2*8-10H,6-7H2,1-5H3/b19-17-;;. The summed E-state index contributed by atoms with van der Waals surface area (Å²) in [6.45, 7) is 31.1. The van der Waals surface area contributed by atoms with Gasteiger partial charge >= 0.3 is 6.03 Å². The van der Waals surface area contributed by atoms with Crippen LogP contribution in [0.2, 0.25) is 0 Å². The number of carbonyl (C=O) groups excluding carboxylic acids is 6. The molecule has 79 heavy (non-hydrogen) atoms. The highest BCUT2D eigenvalue weighted by Crippen LogP contribution is 2.56. The van der Waals surface area contributed by atoms with Gasteiger partial charge in [-0.3, -0.25) is 48.5 Å². The van der Waals surface area contributed by atoms with Crippen LogP contribution in [-0.2, 0) is 45.0 Å². The van der Waals surface area contributed by atoms with Crippen LogP contribution >= 0.6 is 95.0 Å². The SMILES string of the molecule is CCCCCCCN1C(=O)/C(=C2\Sc3ccc(C(C)(C)C)cc3S2)OC1=S.CCN1C(=O)C(=C2Sc3ccc(C(C)(C)C)cc3S2)C(=O)N(CC)C1=O.CCN1C(=O)C(=C2Sc3ccc(C(C)(C)C)cc3S2)C(=O)N(CC)C1=S. The molecule has 3 aromatic carbocycles. The Hall–Kier alpha value is -4.02. The molecule has 0 atom stereocenters. The number of ether oxygens (including phenoxy) is 1. The van der Waals surface area contributed by atoms with E-state index in [1.54, 1.807) is 42.3 Å². The predicted molar refractivity (Wildman–Crippen MR) is 333 cm³/mol. The molecule has 0 radical (unpaired) electrons. The van der Waals surface area contributed by atoms with Crippen molar-refractivity contribution in [3.05, 3.63) is 101 Å². The van der Waals surface area contributed by atoms with Crippen molar-refractivity contribution in [1.82, 2.24) is 24.5 Å². The zero-order valence-corrected chi connectivity index (χ0v) is 54.2. The molecule has 12 nitrogen and oxygen atoms in total. The van der Waals surface area contributed by atoms with Crippen molar-refractivity contribution in [3.8, 4) is 0 Å². The van der Waals surface area contributed by atoms with Crippen molar-refractivity contribution in [2.75, 3.05) is 32.7 Å². The zero-order chi connectivity index (χ0) is 58.1. The number of barbiturate groups is 1. The summed E-state index contributed by atoms with van der Waals surface area (Å²) in [4.78, 5) is 90.1. The summed E-state index contributed by atoms with van der Waals surface area (Å²) in [5.41, 5.74) is 4.27. The lowest BCUT2D eigenvalue weighted by atomic mass is 9.87. The van der Waals surface area contributed by atoms with Crippen molar-refractivity contribution in [2.45, 2.75) is 175 Å².